The number of H-pyrrole nitrogens is 1. The molecule has 2 N–H and O–H groups in total. The number of nitrogens with zero attached hydrogens (tertiary/aromatic N) is 8. The summed E-state index contributed by atoms with van der Waals surface area (Å²) in [6, 6.07) is 10.2. The number of benzene rings is 1. The second-order valence-corrected chi connectivity index (χ2v) is 8.32. The molecule has 2 unspecified atom stereocenters. The van der Waals surface area contributed by atoms with Crippen LogP contribution in [0, 0.1) is 23.2 Å². The van der Waals surface area contributed by atoms with Crippen molar-refractivity contribution in [3.8, 4) is 17.5 Å². The summed E-state index contributed by atoms with van der Waals surface area (Å²) in [6.07, 6.45) is 5.97. The van der Waals surface area contributed by atoms with Gasteiger partial charge in [-0.05, 0) is 36.0 Å². The zero-order chi connectivity index (χ0) is 22.2. The molecule has 4 aromatic rings. The summed E-state index contributed by atoms with van der Waals surface area (Å²) in [6.45, 7) is 2.44. The van der Waals surface area contributed by atoms with Crippen molar-refractivity contribution in [3.63, 3.8) is 0 Å². The topological polar surface area (TPSA) is 145 Å². The van der Waals surface area contributed by atoms with E-state index in [1.54, 1.807) is 12.4 Å². The first-order valence-electron chi connectivity index (χ1n) is 10.8. The van der Waals surface area contributed by atoms with Crippen LogP contribution in [0.25, 0.3) is 11.5 Å². The molecule has 1 aliphatic carbocycles. The molecule has 1 aromatic carbocycles. The summed E-state index contributed by atoms with van der Waals surface area (Å²) in [4.78, 5) is 10.8. The van der Waals surface area contributed by atoms with Crippen molar-refractivity contribution in [3.05, 3.63) is 59.7 Å². The molecule has 4 heterocycles. The Morgan fingerprint density at radius 2 is 1.88 bits per heavy atom. The molecule has 2 fully saturated rings. The third-order valence-electron chi connectivity index (χ3n) is 6.33. The first kappa shape index (κ1) is 19.4. The summed E-state index contributed by atoms with van der Waals surface area (Å²) < 4.78 is 5.89. The summed E-state index contributed by atoms with van der Waals surface area (Å²) >= 11 is 0. The van der Waals surface area contributed by atoms with E-state index in [0.717, 1.165) is 30.8 Å². The second kappa shape index (κ2) is 7.98. The van der Waals surface area contributed by atoms with E-state index < -0.39 is 0 Å². The molecule has 2 aliphatic rings. The fraction of sp³-hybridized carbons (Fsp3) is 0.318. The van der Waals surface area contributed by atoms with Gasteiger partial charge in [0.05, 0.1) is 29.1 Å². The maximum absolute atomic E-state index is 8.87. The third-order valence-corrected chi connectivity index (χ3v) is 6.33. The first-order valence-corrected chi connectivity index (χ1v) is 10.8. The van der Waals surface area contributed by atoms with Gasteiger partial charge in [-0.3, -0.25) is 0 Å². The highest BCUT2D eigenvalue weighted by atomic mass is 16.4. The van der Waals surface area contributed by atoms with Crippen molar-refractivity contribution < 1.29 is 4.42 Å². The molecule has 0 spiro atoms. The minimum Gasteiger partial charge on any atom is -0.403 e. The average Bonchev–Trinajstić information content (AvgIpc) is 3.40. The Morgan fingerprint density at radius 1 is 1.09 bits per heavy atom. The Balaban J connectivity index is 1.03. The summed E-state index contributed by atoms with van der Waals surface area (Å²) in [5.74, 6) is 2.54. The molecule has 0 amide bonds. The number of fused-ring (bicyclic) bond motifs is 1. The molecule has 6 rings (SSSR count). The second-order valence-electron chi connectivity index (χ2n) is 8.32. The minimum atomic E-state index is 0.405. The zero-order valence-corrected chi connectivity index (χ0v) is 17.6. The van der Waals surface area contributed by atoms with E-state index in [2.05, 4.69) is 51.9 Å². The van der Waals surface area contributed by atoms with Gasteiger partial charge in [-0.15, -0.1) is 5.10 Å². The monoisotopic (exact) mass is 440 g/mol. The van der Waals surface area contributed by atoms with Crippen LogP contribution in [0.4, 0.5) is 12.0 Å². The van der Waals surface area contributed by atoms with Gasteiger partial charge in [0.25, 0.3) is 5.89 Å². The van der Waals surface area contributed by atoms with Crippen LogP contribution >= 0.6 is 0 Å². The van der Waals surface area contributed by atoms with Crippen molar-refractivity contribution in [2.45, 2.75) is 12.3 Å². The molecule has 2 atom stereocenters. The molecule has 164 valence electrons. The van der Waals surface area contributed by atoms with Crippen LogP contribution in [0.5, 0.6) is 0 Å². The first-order chi connectivity index (χ1) is 16.3. The van der Waals surface area contributed by atoms with Gasteiger partial charge in [-0.2, -0.15) is 20.7 Å². The van der Waals surface area contributed by atoms with Gasteiger partial charge in [0.1, 0.15) is 0 Å². The number of anilines is 2. The normalized spacial score (nSPS) is 20.9. The third kappa shape index (κ3) is 3.76. The van der Waals surface area contributed by atoms with Crippen LogP contribution in [0.3, 0.4) is 0 Å². The number of nitriles is 1. The Hall–Kier alpha value is -4.33. The molecule has 1 saturated carbocycles. The molecule has 1 aliphatic heterocycles. The van der Waals surface area contributed by atoms with Crippen LogP contribution in [0.15, 0.2) is 47.3 Å². The highest BCUT2D eigenvalue weighted by Crippen LogP contribution is 2.58. The fourth-order valence-electron chi connectivity index (χ4n) is 4.55. The number of piperidine rings is 1. The van der Waals surface area contributed by atoms with Gasteiger partial charge < -0.3 is 14.6 Å². The van der Waals surface area contributed by atoms with E-state index in [0.29, 0.717) is 53.3 Å². The van der Waals surface area contributed by atoms with Crippen molar-refractivity contribution in [2.75, 3.05) is 29.9 Å². The largest absolute Gasteiger partial charge is 0.403 e. The molecule has 0 bridgehead atoms. The molecule has 0 radical (unpaired) electrons. The van der Waals surface area contributed by atoms with Gasteiger partial charge in [-0.1, -0.05) is 17.2 Å². The number of rotatable bonds is 7. The van der Waals surface area contributed by atoms with Crippen LogP contribution in [0.1, 0.15) is 22.7 Å². The molecule has 11 nitrogen and oxygen atoms in total. The summed E-state index contributed by atoms with van der Waals surface area (Å²) in [5.41, 5.74) is 3.52. The predicted octanol–water partition coefficient (Wildman–Crippen LogP) is 2.02. The SMILES string of the molecule is N#Cc1ccc(CCNc2ncc(-c3nnc(N4CC5C(C4)C5c4cn[nH]n4)o3)cn2)cc1. The smallest absolute Gasteiger partial charge is 0.318 e. The number of aromatic nitrogens is 7. The van der Waals surface area contributed by atoms with Crippen LogP contribution in [-0.4, -0.2) is 55.2 Å². The Morgan fingerprint density at radius 3 is 2.58 bits per heavy atom. The molecule has 33 heavy (non-hydrogen) atoms. The molecular formula is C22H20N10O. The van der Waals surface area contributed by atoms with E-state index in [1.807, 2.05) is 30.5 Å². The maximum Gasteiger partial charge on any atom is 0.318 e. The Kier molecular flexibility index (Phi) is 4.68. The molecule has 1 saturated heterocycles. The molecule has 11 heteroatoms. The Bertz CT molecular complexity index is 1260. The van der Waals surface area contributed by atoms with Gasteiger partial charge >= 0.3 is 6.01 Å². The highest BCUT2D eigenvalue weighted by Gasteiger charge is 2.58. The average molecular weight is 440 g/mol. The zero-order valence-electron chi connectivity index (χ0n) is 17.6. The van der Waals surface area contributed by atoms with Crippen LogP contribution < -0.4 is 10.2 Å². The quantitative estimate of drug-likeness (QED) is 0.437. The standard InChI is InChI=1S/C22H20N10O/c23-7-14-3-1-13(2-4-14)5-6-24-21-25-8-15(9-26-21)20-29-30-22(33-20)32-11-16-17(12-32)19(16)18-10-27-31-28-18/h1-4,8-10,16-17,19H,5-6,11-12H2,(H,24,25,26)(H,27,28,31). The van der Waals surface area contributed by atoms with Crippen molar-refractivity contribution in [1.82, 2.24) is 35.6 Å². The van der Waals surface area contributed by atoms with E-state index in [-0.39, 0.29) is 0 Å². The van der Waals surface area contributed by atoms with Crippen molar-refractivity contribution in [1.29, 1.82) is 5.26 Å². The number of hydrogen-bond donors (Lipinski definition) is 2. The van der Waals surface area contributed by atoms with Gasteiger partial charge in [0, 0.05) is 37.9 Å². The molecular weight excluding hydrogens is 420 g/mol. The van der Waals surface area contributed by atoms with E-state index in [4.69, 9.17) is 9.68 Å². The van der Waals surface area contributed by atoms with Gasteiger partial charge in [0.2, 0.25) is 5.95 Å². The van der Waals surface area contributed by atoms with Crippen molar-refractivity contribution >= 4 is 12.0 Å². The lowest BCUT2D eigenvalue weighted by Crippen LogP contribution is -2.23. The van der Waals surface area contributed by atoms with E-state index in [1.165, 1.54) is 0 Å². The lowest BCUT2D eigenvalue weighted by atomic mass is 10.1. The number of nitrogens with one attached hydrogen (secondary N) is 2. The lowest BCUT2D eigenvalue weighted by molar-refractivity contribution is 0.543. The lowest BCUT2D eigenvalue weighted by Gasteiger charge is -2.15. The number of hydrogen-bond acceptors (Lipinski definition) is 10. The van der Waals surface area contributed by atoms with Gasteiger partial charge in [-0.25, -0.2) is 9.97 Å². The molecule has 3 aromatic heterocycles. The van der Waals surface area contributed by atoms with Crippen LogP contribution in [0.2, 0.25) is 0 Å². The summed E-state index contributed by atoms with van der Waals surface area (Å²) in [7, 11) is 0. The maximum atomic E-state index is 8.87. The minimum absolute atomic E-state index is 0.405. The number of aromatic amines is 1. The fourth-order valence-corrected chi connectivity index (χ4v) is 4.55. The predicted molar refractivity (Wildman–Crippen MR) is 117 cm³/mol. The van der Waals surface area contributed by atoms with E-state index in [9.17, 15) is 0 Å². The van der Waals surface area contributed by atoms with Crippen LogP contribution in [-0.2, 0) is 6.42 Å². The van der Waals surface area contributed by atoms with E-state index >= 15 is 0 Å². The highest BCUT2D eigenvalue weighted by molar-refractivity contribution is 5.52. The van der Waals surface area contributed by atoms with Crippen molar-refractivity contribution in [2.24, 2.45) is 11.8 Å². The Labute approximate surface area is 188 Å². The summed E-state index contributed by atoms with van der Waals surface area (Å²) in [5, 5.41) is 31.3. The van der Waals surface area contributed by atoms with Gasteiger partial charge in [0.15, 0.2) is 0 Å².